The Morgan fingerprint density at radius 3 is 3.11 bits per heavy atom. The fourth-order valence-corrected chi connectivity index (χ4v) is 2.91. The van der Waals surface area contributed by atoms with Crippen molar-refractivity contribution in [3.63, 3.8) is 0 Å². The van der Waals surface area contributed by atoms with E-state index in [9.17, 15) is 9.90 Å². The van der Waals surface area contributed by atoms with Crippen LogP contribution in [-0.2, 0) is 10.4 Å². The summed E-state index contributed by atoms with van der Waals surface area (Å²) in [4.78, 5) is 12.6. The summed E-state index contributed by atoms with van der Waals surface area (Å²) >= 11 is 1.50. The van der Waals surface area contributed by atoms with Crippen molar-refractivity contribution in [1.29, 1.82) is 0 Å². The summed E-state index contributed by atoms with van der Waals surface area (Å²) in [6.45, 7) is 2.00. The number of carbonyl (C=O) groups excluding carboxylic acids is 1. The molecule has 2 atom stereocenters. The zero-order valence-corrected chi connectivity index (χ0v) is 11.4. The van der Waals surface area contributed by atoms with Gasteiger partial charge in [0.15, 0.2) is 0 Å². The first kappa shape index (κ1) is 13.3. The lowest BCUT2D eigenvalue weighted by molar-refractivity contribution is -0.122. The smallest absolute Gasteiger partial charge is 0.220 e. The summed E-state index contributed by atoms with van der Waals surface area (Å²) in [7, 11) is 0. The number of allylic oxidation sites excluding steroid dienone is 2. The van der Waals surface area contributed by atoms with Crippen LogP contribution in [0, 0.1) is 5.92 Å². The van der Waals surface area contributed by atoms with Gasteiger partial charge in [-0.25, -0.2) is 0 Å². The third-order valence-electron chi connectivity index (χ3n) is 3.24. The average Bonchev–Trinajstić information content (AvgIpc) is 2.99. The van der Waals surface area contributed by atoms with E-state index in [4.69, 9.17) is 0 Å². The second-order valence-corrected chi connectivity index (χ2v) is 5.95. The Kier molecular flexibility index (Phi) is 4.19. The minimum atomic E-state index is -0.977. The molecule has 4 heteroatoms. The van der Waals surface area contributed by atoms with Gasteiger partial charge in [-0.1, -0.05) is 18.2 Å². The Morgan fingerprint density at radius 2 is 2.50 bits per heavy atom. The van der Waals surface area contributed by atoms with Crippen LogP contribution < -0.4 is 5.32 Å². The molecule has 1 aromatic rings. The quantitative estimate of drug-likeness (QED) is 0.803. The van der Waals surface area contributed by atoms with Crippen LogP contribution in [0.15, 0.2) is 29.7 Å². The van der Waals surface area contributed by atoms with E-state index in [0.717, 1.165) is 17.7 Å². The summed E-state index contributed by atoms with van der Waals surface area (Å²) in [6, 6.07) is 3.79. The number of aliphatic hydroxyl groups is 1. The number of nitrogens with one attached hydrogen (secondary N) is 1. The number of thiophene rings is 1. The lowest BCUT2D eigenvalue weighted by Crippen LogP contribution is -2.38. The van der Waals surface area contributed by atoms with Crippen LogP contribution in [-0.4, -0.2) is 17.6 Å². The Hall–Kier alpha value is -1.13. The van der Waals surface area contributed by atoms with Gasteiger partial charge in [-0.3, -0.25) is 4.79 Å². The maximum absolute atomic E-state index is 11.8. The highest BCUT2D eigenvalue weighted by atomic mass is 32.1. The van der Waals surface area contributed by atoms with Crippen molar-refractivity contribution in [2.45, 2.75) is 31.8 Å². The molecule has 1 heterocycles. The summed E-state index contributed by atoms with van der Waals surface area (Å²) in [5.74, 6) is 0.389. The Labute approximate surface area is 112 Å². The standard InChI is InChI=1S/C14H19NO2S/c1-14(17,12-7-4-8-18-12)10-15-13(16)9-11-5-2-3-6-11/h2,4-5,7-8,11,17H,3,6,9-10H2,1H3,(H,15,16). The van der Waals surface area contributed by atoms with E-state index in [0.29, 0.717) is 12.3 Å². The molecule has 1 aliphatic carbocycles. The van der Waals surface area contributed by atoms with Crippen LogP contribution in [0.5, 0.6) is 0 Å². The molecule has 0 bridgehead atoms. The van der Waals surface area contributed by atoms with Crippen LogP contribution in [0.25, 0.3) is 0 Å². The molecule has 1 aromatic heterocycles. The molecule has 0 saturated heterocycles. The largest absolute Gasteiger partial charge is 0.383 e. The highest BCUT2D eigenvalue weighted by Crippen LogP contribution is 2.25. The van der Waals surface area contributed by atoms with Crippen LogP contribution >= 0.6 is 11.3 Å². The molecule has 1 aliphatic rings. The van der Waals surface area contributed by atoms with Crippen molar-refractivity contribution < 1.29 is 9.90 Å². The van der Waals surface area contributed by atoms with E-state index in [1.54, 1.807) is 6.92 Å². The maximum Gasteiger partial charge on any atom is 0.220 e. The Bertz CT molecular complexity index is 423. The average molecular weight is 265 g/mol. The fraction of sp³-hybridized carbons (Fsp3) is 0.500. The SMILES string of the molecule is CC(O)(CNC(=O)CC1C=CCC1)c1cccs1. The summed E-state index contributed by atoms with van der Waals surface area (Å²) in [5, 5.41) is 15.0. The second kappa shape index (κ2) is 5.67. The first-order valence-corrected chi connectivity index (χ1v) is 7.15. The van der Waals surface area contributed by atoms with Gasteiger partial charge in [0, 0.05) is 11.3 Å². The minimum absolute atomic E-state index is 0.0170. The molecule has 0 radical (unpaired) electrons. The molecular weight excluding hydrogens is 246 g/mol. The van der Waals surface area contributed by atoms with Crippen molar-refractivity contribution in [2.75, 3.05) is 6.54 Å². The summed E-state index contributed by atoms with van der Waals surface area (Å²) < 4.78 is 0. The van der Waals surface area contributed by atoms with Crippen LogP contribution in [0.2, 0.25) is 0 Å². The monoisotopic (exact) mass is 265 g/mol. The number of hydrogen-bond acceptors (Lipinski definition) is 3. The second-order valence-electron chi connectivity index (χ2n) is 5.00. The van der Waals surface area contributed by atoms with Gasteiger partial charge in [-0.15, -0.1) is 11.3 Å². The van der Waals surface area contributed by atoms with Crippen molar-refractivity contribution >= 4 is 17.2 Å². The molecule has 2 unspecified atom stereocenters. The lowest BCUT2D eigenvalue weighted by atomic mass is 10.0. The van der Waals surface area contributed by atoms with Gasteiger partial charge >= 0.3 is 0 Å². The molecular formula is C14H19NO2S. The lowest BCUT2D eigenvalue weighted by Gasteiger charge is -2.22. The van der Waals surface area contributed by atoms with E-state index in [1.165, 1.54) is 11.3 Å². The third-order valence-corrected chi connectivity index (χ3v) is 4.36. The number of hydrogen-bond donors (Lipinski definition) is 2. The zero-order chi connectivity index (χ0) is 13.0. The van der Waals surface area contributed by atoms with Crippen molar-refractivity contribution in [1.82, 2.24) is 5.32 Å². The van der Waals surface area contributed by atoms with Crippen molar-refractivity contribution in [3.05, 3.63) is 34.5 Å². The maximum atomic E-state index is 11.8. The number of rotatable bonds is 5. The minimum Gasteiger partial charge on any atom is -0.383 e. The van der Waals surface area contributed by atoms with Crippen LogP contribution in [0.1, 0.15) is 31.1 Å². The van der Waals surface area contributed by atoms with Gasteiger partial charge in [-0.05, 0) is 37.1 Å². The molecule has 1 amide bonds. The predicted molar refractivity (Wildman–Crippen MR) is 73.4 cm³/mol. The molecule has 2 rings (SSSR count). The number of carbonyl (C=O) groups is 1. The molecule has 98 valence electrons. The summed E-state index contributed by atoms with van der Waals surface area (Å²) in [6.07, 6.45) is 6.90. The van der Waals surface area contributed by atoms with Gasteiger partial charge in [0.2, 0.25) is 5.91 Å². The third kappa shape index (κ3) is 3.43. The molecule has 3 nitrogen and oxygen atoms in total. The molecule has 0 spiro atoms. The van der Waals surface area contributed by atoms with Crippen molar-refractivity contribution in [3.8, 4) is 0 Å². The van der Waals surface area contributed by atoms with Gasteiger partial charge < -0.3 is 10.4 Å². The normalized spacial score (nSPS) is 21.8. The molecule has 18 heavy (non-hydrogen) atoms. The molecule has 0 fully saturated rings. The van der Waals surface area contributed by atoms with E-state index in [2.05, 4.69) is 17.5 Å². The summed E-state index contributed by atoms with van der Waals surface area (Å²) in [5.41, 5.74) is -0.977. The van der Waals surface area contributed by atoms with E-state index in [-0.39, 0.29) is 12.5 Å². The van der Waals surface area contributed by atoms with Gasteiger partial charge in [0.1, 0.15) is 5.60 Å². The van der Waals surface area contributed by atoms with Gasteiger partial charge in [0.25, 0.3) is 0 Å². The molecule has 0 aromatic carbocycles. The highest BCUT2D eigenvalue weighted by molar-refractivity contribution is 7.10. The van der Waals surface area contributed by atoms with Gasteiger partial charge in [0.05, 0.1) is 6.54 Å². The number of amides is 1. The first-order chi connectivity index (χ1) is 8.58. The Balaban J connectivity index is 1.80. The van der Waals surface area contributed by atoms with Crippen molar-refractivity contribution in [2.24, 2.45) is 5.92 Å². The highest BCUT2D eigenvalue weighted by Gasteiger charge is 2.25. The molecule has 0 aliphatic heterocycles. The van der Waals surface area contributed by atoms with Gasteiger partial charge in [-0.2, -0.15) is 0 Å². The molecule has 0 saturated carbocycles. The van der Waals surface area contributed by atoms with Crippen LogP contribution in [0.3, 0.4) is 0 Å². The Morgan fingerprint density at radius 1 is 1.67 bits per heavy atom. The fourth-order valence-electron chi connectivity index (χ4n) is 2.12. The topological polar surface area (TPSA) is 49.3 Å². The molecule has 2 N–H and O–H groups in total. The van der Waals surface area contributed by atoms with Crippen LogP contribution in [0.4, 0.5) is 0 Å². The van der Waals surface area contributed by atoms with E-state index >= 15 is 0 Å². The van der Waals surface area contributed by atoms with E-state index in [1.807, 2.05) is 17.5 Å². The predicted octanol–water partition coefficient (Wildman–Crippen LogP) is 2.43. The first-order valence-electron chi connectivity index (χ1n) is 6.27. The zero-order valence-electron chi connectivity index (χ0n) is 10.6. The van der Waals surface area contributed by atoms with E-state index < -0.39 is 5.60 Å².